The van der Waals surface area contributed by atoms with E-state index in [0.717, 1.165) is 0 Å². The van der Waals surface area contributed by atoms with Crippen LogP contribution in [-0.4, -0.2) is 21.0 Å². The van der Waals surface area contributed by atoms with Crippen molar-refractivity contribution in [3.8, 4) is 11.4 Å². The molecule has 0 unspecified atom stereocenters. The molecule has 3 rings (SSSR count). The minimum absolute atomic E-state index is 0.0713. The van der Waals surface area contributed by atoms with Crippen molar-refractivity contribution in [2.75, 3.05) is 0 Å². The number of nitrogens with zero attached hydrogens (tertiary/aromatic N) is 3. The summed E-state index contributed by atoms with van der Waals surface area (Å²) < 4.78 is 10.1. The molecule has 0 aliphatic heterocycles. The van der Waals surface area contributed by atoms with Gasteiger partial charge in [0.05, 0.1) is 11.2 Å². The maximum absolute atomic E-state index is 11.9. The monoisotopic (exact) mass is 328 g/mol. The highest BCUT2D eigenvalue weighted by atomic mass is 16.6. The molecule has 1 aromatic carbocycles. The molecule has 122 valence electrons. The number of nitro groups is 1. The SMILES string of the molecule is C[C@H](NC(=O)c1ccco1)c1nc(-c2cccc([N+](=O)[O-])c2)no1. The summed E-state index contributed by atoms with van der Waals surface area (Å²) in [5.41, 5.74) is 0.377. The second kappa shape index (κ2) is 6.32. The zero-order valence-corrected chi connectivity index (χ0v) is 12.5. The van der Waals surface area contributed by atoms with E-state index in [-0.39, 0.29) is 23.2 Å². The summed E-state index contributed by atoms with van der Waals surface area (Å²) in [4.78, 5) is 26.4. The molecule has 1 amide bonds. The number of nitro benzene ring substituents is 1. The first-order valence-electron chi connectivity index (χ1n) is 6.97. The van der Waals surface area contributed by atoms with Gasteiger partial charge in [0.15, 0.2) is 5.76 Å². The van der Waals surface area contributed by atoms with Crippen molar-refractivity contribution in [3.63, 3.8) is 0 Å². The Morgan fingerprint density at radius 2 is 2.17 bits per heavy atom. The Morgan fingerprint density at radius 1 is 1.33 bits per heavy atom. The summed E-state index contributed by atoms with van der Waals surface area (Å²) in [6.07, 6.45) is 1.40. The van der Waals surface area contributed by atoms with Gasteiger partial charge in [0.2, 0.25) is 11.7 Å². The molecular formula is C15H12N4O5. The maximum atomic E-state index is 11.9. The lowest BCUT2D eigenvalue weighted by atomic mass is 10.2. The highest BCUT2D eigenvalue weighted by molar-refractivity contribution is 5.91. The molecule has 0 aliphatic carbocycles. The molecule has 1 N–H and O–H groups in total. The van der Waals surface area contributed by atoms with Gasteiger partial charge in [-0.3, -0.25) is 14.9 Å². The molecular weight excluding hydrogens is 316 g/mol. The summed E-state index contributed by atoms with van der Waals surface area (Å²) in [5.74, 6) is 0.132. The van der Waals surface area contributed by atoms with Crippen molar-refractivity contribution in [3.05, 3.63) is 64.4 Å². The smallest absolute Gasteiger partial charge is 0.287 e. The van der Waals surface area contributed by atoms with Crippen LogP contribution in [-0.2, 0) is 0 Å². The van der Waals surface area contributed by atoms with E-state index in [1.807, 2.05) is 0 Å². The number of amides is 1. The number of furan rings is 1. The first kappa shape index (κ1) is 15.4. The first-order chi connectivity index (χ1) is 11.5. The molecule has 2 heterocycles. The fourth-order valence-electron chi connectivity index (χ4n) is 2.02. The summed E-state index contributed by atoms with van der Waals surface area (Å²) in [6.45, 7) is 1.67. The van der Waals surface area contributed by atoms with Gasteiger partial charge in [0, 0.05) is 17.7 Å². The summed E-state index contributed by atoms with van der Waals surface area (Å²) in [7, 11) is 0. The molecule has 9 nitrogen and oxygen atoms in total. The average molecular weight is 328 g/mol. The number of carbonyl (C=O) groups excluding carboxylic acids is 1. The minimum atomic E-state index is -0.553. The van der Waals surface area contributed by atoms with Crippen LogP contribution in [0.5, 0.6) is 0 Å². The van der Waals surface area contributed by atoms with Gasteiger partial charge in [0.25, 0.3) is 11.6 Å². The highest BCUT2D eigenvalue weighted by Gasteiger charge is 2.20. The third kappa shape index (κ3) is 3.14. The molecule has 3 aromatic rings. The first-order valence-corrected chi connectivity index (χ1v) is 6.97. The third-order valence-electron chi connectivity index (χ3n) is 3.22. The molecule has 24 heavy (non-hydrogen) atoms. The van der Waals surface area contributed by atoms with E-state index >= 15 is 0 Å². The van der Waals surface area contributed by atoms with Gasteiger partial charge in [0.1, 0.15) is 6.04 Å². The van der Waals surface area contributed by atoms with Crippen LogP contribution < -0.4 is 5.32 Å². The molecule has 0 saturated carbocycles. The van der Waals surface area contributed by atoms with Crippen LogP contribution in [0.4, 0.5) is 5.69 Å². The van der Waals surface area contributed by atoms with Crippen molar-refractivity contribution < 1.29 is 18.7 Å². The quantitative estimate of drug-likeness (QED) is 0.564. The van der Waals surface area contributed by atoms with Crippen LogP contribution in [0.2, 0.25) is 0 Å². The Labute approximate surface area is 135 Å². The van der Waals surface area contributed by atoms with Crippen molar-refractivity contribution in [1.82, 2.24) is 15.5 Å². The molecule has 9 heteroatoms. The van der Waals surface area contributed by atoms with Gasteiger partial charge in [-0.25, -0.2) is 0 Å². The molecule has 1 atom stereocenters. The minimum Gasteiger partial charge on any atom is -0.459 e. The topological polar surface area (TPSA) is 124 Å². The zero-order valence-electron chi connectivity index (χ0n) is 12.5. The number of benzene rings is 1. The van der Waals surface area contributed by atoms with Crippen molar-refractivity contribution in [2.24, 2.45) is 0 Å². The molecule has 0 spiro atoms. The Bertz CT molecular complexity index is 872. The Hall–Kier alpha value is -3.49. The van der Waals surface area contributed by atoms with E-state index in [4.69, 9.17) is 8.94 Å². The van der Waals surface area contributed by atoms with E-state index in [9.17, 15) is 14.9 Å². The fourth-order valence-corrected chi connectivity index (χ4v) is 2.02. The zero-order chi connectivity index (χ0) is 17.1. The number of hydrogen-bond donors (Lipinski definition) is 1. The number of aromatic nitrogens is 2. The van der Waals surface area contributed by atoms with Crippen LogP contribution in [0.25, 0.3) is 11.4 Å². The second-order valence-corrected chi connectivity index (χ2v) is 4.94. The lowest BCUT2D eigenvalue weighted by Gasteiger charge is -2.07. The fraction of sp³-hybridized carbons (Fsp3) is 0.133. The van der Waals surface area contributed by atoms with Gasteiger partial charge < -0.3 is 14.3 Å². The third-order valence-corrected chi connectivity index (χ3v) is 3.22. The van der Waals surface area contributed by atoms with Crippen LogP contribution in [0, 0.1) is 10.1 Å². The lowest BCUT2D eigenvalue weighted by molar-refractivity contribution is -0.384. The molecule has 0 bridgehead atoms. The Balaban J connectivity index is 1.76. The number of carbonyl (C=O) groups is 1. The molecule has 2 aromatic heterocycles. The predicted molar refractivity (Wildman–Crippen MR) is 81.0 cm³/mol. The second-order valence-electron chi connectivity index (χ2n) is 4.94. The van der Waals surface area contributed by atoms with Crippen LogP contribution >= 0.6 is 0 Å². The van der Waals surface area contributed by atoms with E-state index in [1.165, 1.54) is 30.5 Å². The van der Waals surface area contributed by atoms with Gasteiger partial charge in [-0.05, 0) is 19.1 Å². The van der Waals surface area contributed by atoms with Crippen molar-refractivity contribution in [1.29, 1.82) is 0 Å². The summed E-state index contributed by atoms with van der Waals surface area (Å²) in [6, 6.07) is 8.47. The number of hydrogen-bond acceptors (Lipinski definition) is 7. The number of non-ortho nitro benzene ring substituents is 1. The molecule has 0 fully saturated rings. The normalized spacial score (nSPS) is 11.9. The Morgan fingerprint density at radius 3 is 2.88 bits per heavy atom. The standard InChI is InChI=1S/C15H12N4O5/c1-9(16-14(20)12-6-3-7-23-12)15-17-13(18-24-15)10-4-2-5-11(8-10)19(21)22/h2-9H,1H3,(H,16,20)/t9-/m0/s1. The molecule has 0 saturated heterocycles. The largest absolute Gasteiger partial charge is 0.459 e. The average Bonchev–Trinajstić information content (AvgIpc) is 3.26. The van der Waals surface area contributed by atoms with E-state index in [1.54, 1.807) is 19.1 Å². The van der Waals surface area contributed by atoms with Crippen LogP contribution in [0.15, 0.2) is 51.6 Å². The number of rotatable bonds is 5. The lowest BCUT2D eigenvalue weighted by Crippen LogP contribution is -2.26. The van der Waals surface area contributed by atoms with Gasteiger partial charge in [-0.2, -0.15) is 4.98 Å². The number of nitrogens with one attached hydrogen (secondary N) is 1. The van der Waals surface area contributed by atoms with Gasteiger partial charge in [-0.15, -0.1) is 0 Å². The molecule has 0 aliphatic rings. The van der Waals surface area contributed by atoms with Gasteiger partial charge >= 0.3 is 0 Å². The predicted octanol–water partition coefficient (Wildman–Crippen LogP) is 2.73. The van der Waals surface area contributed by atoms with Gasteiger partial charge in [-0.1, -0.05) is 17.3 Å². The van der Waals surface area contributed by atoms with Crippen molar-refractivity contribution >= 4 is 11.6 Å². The molecule has 0 radical (unpaired) electrons. The summed E-state index contributed by atoms with van der Waals surface area (Å²) in [5, 5.41) is 17.3. The highest BCUT2D eigenvalue weighted by Crippen LogP contribution is 2.22. The van der Waals surface area contributed by atoms with E-state index < -0.39 is 16.9 Å². The van der Waals surface area contributed by atoms with Crippen LogP contribution in [0.3, 0.4) is 0 Å². The maximum Gasteiger partial charge on any atom is 0.287 e. The van der Waals surface area contributed by atoms with Crippen LogP contribution in [0.1, 0.15) is 29.4 Å². The van der Waals surface area contributed by atoms with E-state index in [0.29, 0.717) is 5.56 Å². The van der Waals surface area contributed by atoms with Crippen molar-refractivity contribution in [2.45, 2.75) is 13.0 Å². The van der Waals surface area contributed by atoms with E-state index in [2.05, 4.69) is 15.5 Å². The summed E-state index contributed by atoms with van der Waals surface area (Å²) >= 11 is 0. The Kier molecular flexibility index (Phi) is 4.06.